The summed E-state index contributed by atoms with van der Waals surface area (Å²) in [5.41, 5.74) is 0.739. The minimum Gasteiger partial charge on any atom is -0.450 e. The molecule has 7 nitrogen and oxygen atoms in total. The maximum atomic E-state index is 13.6. The normalized spacial score (nSPS) is 18.4. The Balaban J connectivity index is 1.65. The second-order valence-corrected chi connectivity index (χ2v) is 10.7. The molecule has 4 rings (SSSR count). The summed E-state index contributed by atoms with van der Waals surface area (Å²) in [5.74, 6) is -1.53. The Morgan fingerprint density at radius 1 is 0.947 bits per heavy atom. The van der Waals surface area contributed by atoms with Crippen molar-refractivity contribution in [2.75, 3.05) is 6.54 Å². The molecule has 0 bridgehead atoms. The molecule has 1 aromatic heterocycles. The first-order valence-corrected chi connectivity index (χ1v) is 13.0. The van der Waals surface area contributed by atoms with Crippen LogP contribution in [0.1, 0.15) is 66.1 Å². The SMILES string of the molecule is CC(C)(C)OC(=O)N1CC(C(OC(=O)c2ccc(Cl)cc2)C(=O)c2ccccn2)CCC1c1ccccc1. The topological polar surface area (TPSA) is 85.8 Å². The first-order valence-electron chi connectivity index (χ1n) is 12.6. The van der Waals surface area contributed by atoms with Gasteiger partial charge in [0.1, 0.15) is 11.3 Å². The summed E-state index contributed by atoms with van der Waals surface area (Å²) in [6.07, 6.45) is 1.01. The van der Waals surface area contributed by atoms with Crippen molar-refractivity contribution < 1.29 is 23.9 Å². The van der Waals surface area contributed by atoms with Gasteiger partial charge in [0.25, 0.3) is 0 Å². The van der Waals surface area contributed by atoms with Gasteiger partial charge in [-0.1, -0.05) is 48.0 Å². The van der Waals surface area contributed by atoms with E-state index < -0.39 is 35.5 Å². The number of piperidine rings is 1. The van der Waals surface area contributed by atoms with Crippen LogP contribution in [0.4, 0.5) is 4.79 Å². The molecule has 2 aromatic carbocycles. The lowest BCUT2D eigenvalue weighted by atomic mass is 9.84. The van der Waals surface area contributed by atoms with Crippen LogP contribution < -0.4 is 0 Å². The van der Waals surface area contributed by atoms with Crippen LogP contribution in [-0.2, 0) is 9.47 Å². The Bertz CT molecular complexity index is 1260. The number of halogens is 1. The van der Waals surface area contributed by atoms with Crippen LogP contribution in [0.15, 0.2) is 79.0 Å². The summed E-state index contributed by atoms with van der Waals surface area (Å²) >= 11 is 5.97. The highest BCUT2D eigenvalue weighted by molar-refractivity contribution is 6.30. The number of nitrogens with zero attached hydrogens (tertiary/aromatic N) is 2. The van der Waals surface area contributed by atoms with Crippen LogP contribution in [0.3, 0.4) is 0 Å². The predicted octanol–water partition coefficient (Wildman–Crippen LogP) is 6.53. The third kappa shape index (κ3) is 6.78. The average Bonchev–Trinajstić information content (AvgIpc) is 2.91. The lowest BCUT2D eigenvalue weighted by Crippen LogP contribution is -2.49. The number of rotatable bonds is 6. The van der Waals surface area contributed by atoms with Crippen LogP contribution in [0.25, 0.3) is 0 Å². The Morgan fingerprint density at radius 2 is 1.63 bits per heavy atom. The van der Waals surface area contributed by atoms with Gasteiger partial charge < -0.3 is 14.4 Å². The van der Waals surface area contributed by atoms with Crippen molar-refractivity contribution in [3.63, 3.8) is 0 Å². The summed E-state index contributed by atoms with van der Waals surface area (Å²) in [7, 11) is 0. The molecule has 0 spiro atoms. The molecular formula is C30H31ClN2O5. The molecule has 1 amide bonds. The molecular weight excluding hydrogens is 504 g/mol. The number of hydrogen-bond acceptors (Lipinski definition) is 6. The van der Waals surface area contributed by atoms with Crippen LogP contribution in [-0.4, -0.2) is 46.0 Å². The van der Waals surface area contributed by atoms with Crippen molar-refractivity contribution in [2.24, 2.45) is 5.92 Å². The van der Waals surface area contributed by atoms with Gasteiger partial charge >= 0.3 is 12.1 Å². The molecule has 3 unspecified atom stereocenters. The van der Waals surface area contributed by atoms with Gasteiger partial charge in [-0.3, -0.25) is 9.78 Å². The zero-order valence-electron chi connectivity index (χ0n) is 21.7. The third-order valence-corrected chi connectivity index (χ3v) is 6.60. The number of ketones is 1. The van der Waals surface area contributed by atoms with Gasteiger partial charge in [-0.2, -0.15) is 0 Å². The van der Waals surface area contributed by atoms with Gasteiger partial charge in [-0.05, 0) is 75.6 Å². The zero-order valence-corrected chi connectivity index (χ0v) is 22.4. The highest BCUT2D eigenvalue weighted by Gasteiger charge is 2.42. The van der Waals surface area contributed by atoms with Gasteiger partial charge in [-0.15, -0.1) is 0 Å². The van der Waals surface area contributed by atoms with Crippen molar-refractivity contribution in [1.29, 1.82) is 0 Å². The maximum absolute atomic E-state index is 13.6. The van der Waals surface area contributed by atoms with Crippen molar-refractivity contribution in [1.82, 2.24) is 9.88 Å². The molecule has 198 valence electrons. The van der Waals surface area contributed by atoms with Crippen molar-refractivity contribution in [3.8, 4) is 0 Å². The van der Waals surface area contributed by atoms with E-state index in [0.717, 1.165) is 5.56 Å². The number of ether oxygens (including phenoxy) is 2. The average molecular weight is 535 g/mol. The van der Waals surface area contributed by atoms with E-state index in [1.165, 1.54) is 6.20 Å². The summed E-state index contributed by atoms with van der Waals surface area (Å²) < 4.78 is 11.6. The molecule has 0 saturated carbocycles. The van der Waals surface area contributed by atoms with E-state index in [2.05, 4.69) is 4.98 Å². The largest absolute Gasteiger partial charge is 0.450 e. The lowest BCUT2D eigenvalue weighted by molar-refractivity contribution is -0.0204. The van der Waals surface area contributed by atoms with Crippen LogP contribution in [0.5, 0.6) is 0 Å². The predicted molar refractivity (Wildman–Crippen MR) is 144 cm³/mol. The van der Waals surface area contributed by atoms with E-state index in [1.807, 2.05) is 51.1 Å². The van der Waals surface area contributed by atoms with Crippen LogP contribution in [0.2, 0.25) is 5.02 Å². The molecule has 0 aliphatic carbocycles. The summed E-state index contributed by atoms with van der Waals surface area (Å²) in [6, 6.07) is 20.8. The van der Waals surface area contributed by atoms with E-state index in [0.29, 0.717) is 17.9 Å². The van der Waals surface area contributed by atoms with E-state index >= 15 is 0 Å². The Hall–Kier alpha value is -3.71. The molecule has 1 saturated heterocycles. The van der Waals surface area contributed by atoms with Crippen molar-refractivity contribution in [3.05, 3.63) is 101 Å². The number of esters is 1. The summed E-state index contributed by atoms with van der Waals surface area (Å²) in [5, 5.41) is 0.481. The van der Waals surface area contributed by atoms with E-state index in [9.17, 15) is 14.4 Å². The molecule has 0 radical (unpaired) electrons. The Morgan fingerprint density at radius 3 is 2.26 bits per heavy atom. The molecule has 8 heteroatoms. The fourth-order valence-corrected chi connectivity index (χ4v) is 4.70. The summed E-state index contributed by atoms with van der Waals surface area (Å²) in [6.45, 7) is 5.60. The summed E-state index contributed by atoms with van der Waals surface area (Å²) in [4.78, 5) is 45.9. The second kappa shape index (κ2) is 11.8. The van der Waals surface area contributed by atoms with Gasteiger partial charge in [0, 0.05) is 23.7 Å². The first kappa shape index (κ1) is 27.3. The molecule has 1 fully saturated rings. The minimum absolute atomic E-state index is 0.172. The van der Waals surface area contributed by atoms with Crippen molar-refractivity contribution in [2.45, 2.75) is 51.4 Å². The Kier molecular flexibility index (Phi) is 8.47. The molecule has 3 aromatic rings. The Labute approximate surface area is 227 Å². The lowest BCUT2D eigenvalue weighted by Gasteiger charge is -2.42. The van der Waals surface area contributed by atoms with Crippen LogP contribution >= 0.6 is 11.6 Å². The standard InChI is InChI=1S/C30H31ClN2O5/c1-30(2,3)38-29(36)33-19-22(14-17-25(33)20-9-5-4-6-10-20)27(26(34)24-11-7-8-18-32-24)37-28(35)21-12-15-23(31)16-13-21/h4-13,15-16,18,22,25,27H,14,17,19H2,1-3H3. The fraction of sp³-hybridized carbons (Fsp3) is 0.333. The third-order valence-electron chi connectivity index (χ3n) is 6.35. The number of pyridine rings is 1. The number of benzene rings is 2. The zero-order chi connectivity index (χ0) is 27.3. The highest BCUT2D eigenvalue weighted by Crippen LogP contribution is 2.37. The van der Waals surface area contributed by atoms with Gasteiger partial charge in [0.15, 0.2) is 6.10 Å². The maximum Gasteiger partial charge on any atom is 0.410 e. The van der Waals surface area contributed by atoms with E-state index in [1.54, 1.807) is 47.4 Å². The first-order chi connectivity index (χ1) is 18.1. The molecule has 3 atom stereocenters. The highest BCUT2D eigenvalue weighted by atomic mass is 35.5. The number of likely N-dealkylation sites (tertiary alicyclic amines) is 1. The molecule has 0 N–H and O–H groups in total. The van der Waals surface area contributed by atoms with E-state index in [-0.39, 0.29) is 23.8 Å². The number of aromatic nitrogens is 1. The number of amides is 1. The van der Waals surface area contributed by atoms with Gasteiger partial charge in [0.05, 0.1) is 11.6 Å². The molecule has 2 heterocycles. The number of Topliss-reactive ketones (excluding diaryl/α,β-unsaturated/α-hetero) is 1. The quantitative estimate of drug-likeness (QED) is 0.264. The monoisotopic (exact) mass is 534 g/mol. The number of carbonyl (C=O) groups is 3. The molecule has 38 heavy (non-hydrogen) atoms. The second-order valence-electron chi connectivity index (χ2n) is 10.3. The molecule has 1 aliphatic heterocycles. The smallest absolute Gasteiger partial charge is 0.410 e. The number of hydrogen-bond donors (Lipinski definition) is 0. The van der Waals surface area contributed by atoms with Gasteiger partial charge in [-0.25, -0.2) is 9.59 Å². The fourth-order valence-electron chi connectivity index (χ4n) is 4.58. The van der Waals surface area contributed by atoms with E-state index in [4.69, 9.17) is 21.1 Å². The van der Waals surface area contributed by atoms with Crippen LogP contribution in [0, 0.1) is 5.92 Å². The van der Waals surface area contributed by atoms with Gasteiger partial charge in [0.2, 0.25) is 5.78 Å². The minimum atomic E-state index is -1.14. The molecule has 1 aliphatic rings. The van der Waals surface area contributed by atoms with Crippen molar-refractivity contribution >= 4 is 29.4 Å². The number of carbonyl (C=O) groups excluding carboxylic acids is 3.